The lowest BCUT2D eigenvalue weighted by Crippen LogP contribution is -1.87. The van der Waals surface area contributed by atoms with Crippen LogP contribution in [0.1, 0.15) is 16.7 Å². The Balaban J connectivity index is 1.89. The Hall–Kier alpha value is -2.92. The van der Waals surface area contributed by atoms with E-state index in [1.807, 2.05) is 42.5 Å². The molecule has 0 aliphatic heterocycles. The van der Waals surface area contributed by atoms with Crippen molar-refractivity contribution >= 4 is 0 Å². The molecule has 0 aliphatic rings. The molecule has 0 atom stereocenters. The van der Waals surface area contributed by atoms with Gasteiger partial charge >= 0.3 is 0 Å². The average Bonchev–Trinajstić information content (AvgIpc) is 2.55. The lowest BCUT2D eigenvalue weighted by Gasteiger charge is -1.99. The van der Waals surface area contributed by atoms with Gasteiger partial charge in [-0.1, -0.05) is 35.6 Å². The summed E-state index contributed by atoms with van der Waals surface area (Å²) in [4.78, 5) is 8.65. The highest BCUT2D eigenvalue weighted by molar-refractivity contribution is 5.57. The number of aromatic nitrogens is 2. The summed E-state index contributed by atoms with van der Waals surface area (Å²) in [7, 11) is 0. The highest BCUT2D eigenvalue weighted by Crippen LogP contribution is 2.14. The molecule has 0 saturated carbocycles. The number of benzene rings is 1. The normalized spacial score (nSPS) is 9.76. The fourth-order valence-corrected chi connectivity index (χ4v) is 1.94. The molecule has 0 amide bonds. The molecule has 2 heterocycles. The van der Waals surface area contributed by atoms with Crippen molar-refractivity contribution in [1.82, 2.24) is 9.97 Å². The Morgan fingerprint density at radius 1 is 0.714 bits per heavy atom. The van der Waals surface area contributed by atoms with E-state index in [1.54, 1.807) is 12.4 Å². The van der Waals surface area contributed by atoms with Gasteiger partial charge in [-0.05, 0) is 43.3 Å². The van der Waals surface area contributed by atoms with Gasteiger partial charge in [0.25, 0.3) is 0 Å². The smallest absolute Gasteiger partial charge is 0.0898 e. The minimum atomic E-state index is 0.839. The first kappa shape index (κ1) is 13.1. The summed E-state index contributed by atoms with van der Waals surface area (Å²) in [6.45, 7) is 2.07. The summed E-state index contributed by atoms with van der Waals surface area (Å²) in [6, 6.07) is 17.9. The number of hydrogen-bond donors (Lipinski definition) is 0. The molecule has 0 aliphatic carbocycles. The van der Waals surface area contributed by atoms with Crippen LogP contribution in [-0.2, 0) is 0 Å². The van der Waals surface area contributed by atoms with Crippen LogP contribution < -0.4 is 0 Å². The molecule has 2 aromatic heterocycles. The van der Waals surface area contributed by atoms with Gasteiger partial charge in [-0.3, -0.25) is 9.97 Å². The van der Waals surface area contributed by atoms with Gasteiger partial charge in [0.15, 0.2) is 0 Å². The molecule has 2 nitrogen and oxygen atoms in total. The second-order valence-electron chi connectivity index (χ2n) is 4.76. The molecule has 0 bridgehead atoms. The molecule has 2 heteroatoms. The van der Waals surface area contributed by atoms with Crippen molar-refractivity contribution in [3.63, 3.8) is 0 Å². The van der Waals surface area contributed by atoms with Gasteiger partial charge in [0.05, 0.1) is 11.4 Å². The van der Waals surface area contributed by atoms with Gasteiger partial charge in [0.1, 0.15) is 0 Å². The lowest BCUT2D eigenvalue weighted by atomic mass is 10.1. The second-order valence-corrected chi connectivity index (χ2v) is 4.76. The number of rotatable bonds is 1. The predicted molar refractivity (Wildman–Crippen MR) is 84.6 cm³/mol. The fourth-order valence-electron chi connectivity index (χ4n) is 1.94. The summed E-state index contributed by atoms with van der Waals surface area (Å²) in [5, 5.41) is 0. The van der Waals surface area contributed by atoms with Crippen molar-refractivity contribution in [2.24, 2.45) is 0 Å². The largest absolute Gasteiger partial charge is 0.255 e. The molecule has 0 fully saturated rings. The first-order valence-electron chi connectivity index (χ1n) is 6.77. The summed E-state index contributed by atoms with van der Waals surface area (Å²) in [6.07, 6.45) is 3.53. The van der Waals surface area contributed by atoms with Crippen molar-refractivity contribution in [3.05, 3.63) is 83.7 Å². The molecule has 100 valence electrons. The van der Waals surface area contributed by atoms with E-state index in [4.69, 9.17) is 0 Å². The minimum Gasteiger partial charge on any atom is -0.255 e. The minimum absolute atomic E-state index is 0.839. The summed E-state index contributed by atoms with van der Waals surface area (Å²) >= 11 is 0. The standard InChI is InChI=1S/C19H14N2/c1-15-5-7-16(8-6-15)9-10-17-11-13-21-19(14-17)18-4-2-3-12-20-18/h2-8,11-14H,1H3. The van der Waals surface area contributed by atoms with E-state index >= 15 is 0 Å². The van der Waals surface area contributed by atoms with E-state index in [0.717, 1.165) is 22.5 Å². The maximum absolute atomic E-state index is 4.35. The van der Waals surface area contributed by atoms with Crippen LogP contribution in [0.2, 0.25) is 0 Å². The number of nitrogens with zero attached hydrogens (tertiary/aromatic N) is 2. The van der Waals surface area contributed by atoms with Crippen LogP contribution in [0.3, 0.4) is 0 Å². The van der Waals surface area contributed by atoms with Crippen LogP contribution in [-0.4, -0.2) is 9.97 Å². The van der Waals surface area contributed by atoms with Crippen molar-refractivity contribution in [2.75, 3.05) is 0 Å². The summed E-state index contributed by atoms with van der Waals surface area (Å²) in [5.74, 6) is 6.34. The van der Waals surface area contributed by atoms with E-state index in [0.29, 0.717) is 0 Å². The first-order chi connectivity index (χ1) is 10.3. The third-order valence-corrected chi connectivity index (χ3v) is 3.09. The molecule has 0 saturated heterocycles. The van der Waals surface area contributed by atoms with Crippen molar-refractivity contribution in [2.45, 2.75) is 6.92 Å². The highest BCUT2D eigenvalue weighted by Gasteiger charge is 1.99. The van der Waals surface area contributed by atoms with Crippen molar-refractivity contribution in [3.8, 4) is 23.2 Å². The molecule has 1 aromatic carbocycles. The monoisotopic (exact) mass is 270 g/mol. The third-order valence-electron chi connectivity index (χ3n) is 3.09. The van der Waals surface area contributed by atoms with Gasteiger partial charge in [-0.15, -0.1) is 0 Å². The molecule has 0 N–H and O–H groups in total. The lowest BCUT2D eigenvalue weighted by molar-refractivity contribution is 1.24. The summed E-state index contributed by atoms with van der Waals surface area (Å²) in [5.41, 5.74) is 4.88. The van der Waals surface area contributed by atoms with E-state index in [9.17, 15) is 0 Å². The Morgan fingerprint density at radius 2 is 1.48 bits per heavy atom. The van der Waals surface area contributed by atoms with Gasteiger partial charge in [0.2, 0.25) is 0 Å². The Kier molecular flexibility index (Phi) is 3.75. The van der Waals surface area contributed by atoms with Crippen LogP contribution in [0.25, 0.3) is 11.4 Å². The molecular weight excluding hydrogens is 256 g/mol. The highest BCUT2D eigenvalue weighted by atomic mass is 14.8. The zero-order valence-corrected chi connectivity index (χ0v) is 11.7. The van der Waals surface area contributed by atoms with Gasteiger partial charge in [-0.2, -0.15) is 0 Å². The van der Waals surface area contributed by atoms with E-state index in [-0.39, 0.29) is 0 Å². The van der Waals surface area contributed by atoms with E-state index in [1.165, 1.54) is 5.56 Å². The topological polar surface area (TPSA) is 25.8 Å². The Morgan fingerprint density at radius 3 is 2.24 bits per heavy atom. The van der Waals surface area contributed by atoms with Gasteiger partial charge < -0.3 is 0 Å². The SMILES string of the molecule is Cc1ccc(C#Cc2ccnc(-c3ccccn3)c2)cc1. The maximum atomic E-state index is 4.35. The fraction of sp³-hybridized carbons (Fsp3) is 0.0526. The maximum Gasteiger partial charge on any atom is 0.0898 e. The van der Waals surface area contributed by atoms with Crippen LogP contribution in [0.15, 0.2) is 67.0 Å². The second kappa shape index (κ2) is 6.02. The average molecular weight is 270 g/mol. The molecule has 21 heavy (non-hydrogen) atoms. The zero-order valence-electron chi connectivity index (χ0n) is 11.7. The summed E-state index contributed by atoms with van der Waals surface area (Å²) < 4.78 is 0. The third kappa shape index (κ3) is 3.34. The molecule has 3 rings (SSSR count). The molecule has 0 unspecified atom stereocenters. The Labute approximate surface area is 124 Å². The van der Waals surface area contributed by atoms with Crippen LogP contribution >= 0.6 is 0 Å². The Bertz CT molecular complexity index is 794. The van der Waals surface area contributed by atoms with E-state index in [2.05, 4.69) is 40.9 Å². The molecular formula is C19H14N2. The predicted octanol–water partition coefficient (Wildman–Crippen LogP) is 3.85. The first-order valence-corrected chi connectivity index (χ1v) is 6.77. The quantitative estimate of drug-likeness (QED) is 0.628. The van der Waals surface area contributed by atoms with Crippen LogP contribution in [0.4, 0.5) is 0 Å². The van der Waals surface area contributed by atoms with Gasteiger partial charge in [-0.25, -0.2) is 0 Å². The zero-order chi connectivity index (χ0) is 14.5. The number of hydrogen-bond acceptors (Lipinski definition) is 2. The molecule has 0 radical (unpaired) electrons. The van der Waals surface area contributed by atoms with E-state index < -0.39 is 0 Å². The number of aryl methyl sites for hydroxylation is 1. The van der Waals surface area contributed by atoms with Crippen LogP contribution in [0, 0.1) is 18.8 Å². The van der Waals surface area contributed by atoms with Crippen LogP contribution in [0.5, 0.6) is 0 Å². The van der Waals surface area contributed by atoms with Crippen molar-refractivity contribution < 1.29 is 0 Å². The molecule has 0 spiro atoms. The molecule has 3 aromatic rings. The van der Waals surface area contributed by atoms with Gasteiger partial charge in [0, 0.05) is 23.5 Å². The van der Waals surface area contributed by atoms with Crippen molar-refractivity contribution in [1.29, 1.82) is 0 Å². The number of pyridine rings is 2.